The van der Waals surface area contributed by atoms with Gasteiger partial charge in [0.25, 0.3) is 0 Å². The van der Waals surface area contributed by atoms with E-state index in [1.165, 1.54) is 7.11 Å². The van der Waals surface area contributed by atoms with Crippen molar-refractivity contribution in [2.24, 2.45) is 0 Å². The molecule has 0 spiro atoms. The third-order valence-electron chi connectivity index (χ3n) is 1.10. The van der Waals surface area contributed by atoms with Gasteiger partial charge in [0, 0.05) is 5.56 Å². The lowest BCUT2D eigenvalue weighted by molar-refractivity contribution is 0.396. The number of hydrogen-bond acceptors (Lipinski definition) is 2. The Hall–Kier alpha value is -0.760. The molecule has 1 aromatic heterocycles. The molecule has 0 aliphatic heterocycles. The number of nitrogens with zero attached hydrogens (tertiary/aromatic N) is 1. The largest absolute Gasteiger partial charge is 0.481 e. The van der Waals surface area contributed by atoms with Crippen LogP contribution in [0.15, 0.2) is 12.1 Å². The first-order valence-electron chi connectivity index (χ1n) is 2.76. The minimum Gasteiger partial charge on any atom is -0.481 e. The maximum atomic E-state index is 5.58. The molecular weight excluding hydrogens is 150 g/mol. The molecule has 0 aliphatic rings. The van der Waals surface area contributed by atoms with Crippen molar-refractivity contribution in [2.75, 3.05) is 7.11 Å². The lowest BCUT2D eigenvalue weighted by Gasteiger charge is -2.01. The second kappa shape index (κ2) is 2.88. The van der Waals surface area contributed by atoms with Crippen molar-refractivity contribution < 1.29 is 4.74 Å². The second-order valence-electron chi connectivity index (χ2n) is 1.80. The molecule has 53 valence electrons. The normalized spacial score (nSPS) is 9.50. The van der Waals surface area contributed by atoms with Crippen LogP contribution in [0.3, 0.4) is 0 Å². The van der Waals surface area contributed by atoms with Crippen LogP contribution in [0.1, 0.15) is 5.56 Å². The zero-order valence-corrected chi connectivity index (χ0v) is 6.35. The van der Waals surface area contributed by atoms with Crippen LogP contribution in [-0.4, -0.2) is 12.1 Å². The zero-order chi connectivity index (χ0) is 7.56. The van der Waals surface area contributed by atoms with Gasteiger partial charge in [-0.25, -0.2) is 4.98 Å². The van der Waals surface area contributed by atoms with Crippen molar-refractivity contribution in [3.63, 3.8) is 0 Å². The predicted octanol–water partition coefficient (Wildman–Crippen LogP) is 1.93. The Balaban J connectivity index is 3.09. The first-order valence-corrected chi connectivity index (χ1v) is 3.14. The first-order chi connectivity index (χ1) is 4.74. The number of aromatic nitrogens is 1. The molecule has 0 atom stereocenters. The third kappa shape index (κ3) is 1.39. The van der Waals surface area contributed by atoms with Gasteiger partial charge in [-0.05, 0) is 13.0 Å². The standard InChI is InChI=1S/C7H7ClNO/c1-5-3-4-6(8)9-7(5)10-2/h3-4H,1H2,2H3. The molecule has 0 saturated heterocycles. The van der Waals surface area contributed by atoms with Gasteiger partial charge in [-0.15, -0.1) is 0 Å². The van der Waals surface area contributed by atoms with Gasteiger partial charge in [-0.3, -0.25) is 0 Å². The molecule has 0 aromatic carbocycles. The number of halogens is 1. The van der Waals surface area contributed by atoms with Crippen LogP contribution in [0.4, 0.5) is 0 Å². The van der Waals surface area contributed by atoms with Gasteiger partial charge in [0.15, 0.2) is 0 Å². The van der Waals surface area contributed by atoms with Gasteiger partial charge >= 0.3 is 0 Å². The highest BCUT2D eigenvalue weighted by Gasteiger charge is 1.98. The molecule has 1 heterocycles. The summed E-state index contributed by atoms with van der Waals surface area (Å²) in [6, 6.07) is 3.43. The van der Waals surface area contributed by atoms with Crippen LogP contribution < -0.4 is 4.74 Å². The van der Waals surface area contributed by atoms with Crippen LogP contribution in [0.2, 0.25) is 5.15 Å². The summed E-state index contributed by atoms with van der Waals surface area (Å²) < 4.78 is 4.87. The second-order valence-corrected chi connectivity index (χ2v) is 2.19. The minimum absolute atomic E-state index is 0.421. The van der Waals surface area contributed by atoms with E-state index in [1.54, 1.807) is 12.1 Å². The van der Waals surface area contributed by atoms with E-state index in [9.17, 15) is 0 Å². The van der Waals surface area contributed by atoms with Crippen molar-refractivity contribution in [3.8, 4) is 5.88 Å². The summed E-state index contributed by atoms with van der Waals surface area (Å²) >= 11 is 5.58. The van der Waals surface area contributed by atoms with Gasteiger partial charge in [0.1, 0.15) is 5.15 Å². The molecule has 1 rings (SSSR count). The molecule has 0 saturated carbocycles. The summed E-state index contributed by atoms with van der Waals surface area (Å²) in [4.78, 5) is 3.87. The van der Waals surface area contributed by atoms with Crippen LogP contribution in [0.25, 0.3) is 0 Å². The topological polar surface area (TPSA) is 22.1 Å². The van der Waals surface area contributed by atoms with Gasteiger partial charge in [-0.1, -0.05) is 17.7 Å². The lowest BCUT2D eigenvalue weighted by Crippen LogP contribution is -1.90. The van der Waals surface area contributed by atoms with E-state index in [2.05, 4.69) is 11.9 Å². The fourth-order valence-electron chi connectivity index (χ4n) is 0.623. The number of hydrogen-bond donors (Lipinski definition) is 0. The van der Waals surface area contributed by atoms with E-state index in [4.69, 9.17) is 16.3 Å². The van der Waals surface area contributed by atoms with Crippen molar-refractivity contribution in [1.82, 2.24) is 4.98 Å². The van der Waals surface area contributed by atoms with Crippen molar-refractivity contribution in [3.05, 3.63) is 29.8 Å². The van der Waals surface area contributed by atoms with E-state index in [0.29, 0.717) is 11.0 Å². The van der Waals surface area contributed by atoms with Crippen LogP contribution >= 0.6 is 11.6 Å². The molecule has 0 bridgehead atoms. The summed E-state index contributed by atoms with van der Waals surface area (Å²) in [6.45, 7) is 3.69. The Bertz CT molecular complexity index is 237. The maximum absolute atomic E-state index is 5.58. The van der Waals surface area contributed by atoms with Crippen LogP contribution in [0.5, 0.6) is 5.88 Å². The molecular formula is C7H7ClNO. The highest BCUT2D eigenvalue weighted by atomic mass is 35.5. The molecule has 0 unspecified atom stereocenters. The molecule has 0 aliphatic carbocycles. The number of ether oxygens (including phenoxy) is 1. The Labute approximate surface area is 64.8 Å². The quantitative estimate of drug-likeness (QED) is 0.580. The monoisotopic (exact) mass is 156 g/mol. The molecule has 10 heavy (non-hydrogen) atoms. The fourth-order valence-corrected chi connectivity index (χ4v) is 0.763. The Kier molecular flexibility index (Phi) is 2.12. The zero-order valence-electron chi connectivity index (χ0n) is 5.60. The highest BCUT2D eigenvalue weighted by molar-refractivity contribution is 6.29. The smallest absolute Gasteiger partial charge is 0.217 e. The van der Waals surface area contributed by atoms with Gasteiger partial charge < -0.3 is 4.74 Å². The number of methoxy groups -OCH3 is 1. The van der Waals surface area contributed by atoms with Gasteiger partial charge in [-0.2, -0.15) is 0 Å². The highest BCUT2D eigenvalue weighted by Crippen LogP contribution is 2.16. The van der Waals surface area contributed by atoms with Crippen molar-refractivity contribution >= 4 is 11.6 Å². The third-order valence-corrected chi connectivity index (χ3v) is 1.31. The predicted molar refractivity (Wildman–Crippen MR) is 40.3 cm³/mol. The summed E-state index contributed by atoms with van der Waals surface area (Å²) in [6.07, 6.45) is 0. The van der Waals surface area contributed by atoms with Crippen molar-refractivity contribution in [2.45, 2.75) is 0 Å². The molecule has 3 heteroatoms. The van der Waals surface area contributed by atoms with Crippen molar-refractivity contribution in [1.29, 1.82) is 0 Å². The Morgan fingerprint density at radius 3 is 2.80 bits per heavy atom. The molecule has 2 nitrogen and oxygen atoms in total. The molecule has 0 N–H and O–H groups in total. The van der Waals surface area contributed by atoms with Gasteiger partial charge in [0.05, 0.1) is 7.11 Å². The first kappa shape index (κ1) is 7.35. The number of pyridine rings is 1. The lowest BCUT2D eigenvalue weighted by atomic mass is 10.3. The SMILES string of the molecule is [CH2]c1ccc(Cl)nc1OC. The number of rotatable bonds is 1. The van der Waals surface area contributed by atoms with Crippen LogP contribution in [0, 0.1) is 6.92 Å². The summed E-state index contributed by atoms with van der Waals surface area (Å²) in [5.41, 5.74) is 0.742. The molecule has 1 radical (unpaired) electrons. The average molecular weight is 157 g/mol. The van der Waals surface area contributed by atoms with E-state index in [1.807, 2.05) is 0 Å². The maximum Gasteiger partial charge on any atom is 0.217 e. The molecule has 1 aromatic rings. The Morgan fingerprint density at radius 1 is 1.60 bits per heavy atom. The van der Waals surface area contributed by atoms with E-state index in [0.717, 1.165) is 5.56 Å². The van der Waals surface area contributed by atoms with E-state index < -0.39 is 0 Å². The minimum atomic E-state index is 0.421. The summed E-state index contributed by atoms with van der Waals surface area (Å²) in [7, 11) is 1.54. The molecule has 0 amide bonds. The van der Waals surface area contributed by atoms with Gasteiger partial charge in [0.2, 0.25) is 5.88 Å². The van der Waals surface area contributed by atoms with E-state index >= 15 is 0 Å². The average Bonchev–Trinajstić information content (AvgIpc) is 1.94. The summed E-state index contributed by atoms with van der Waals surface area (Å²) in [5.74, 6) is 0.479. The Morgan fingerprint density at radius 2 is 2.30 bits per heavy atom. The molecule has 0 fully saturated rings. The van der Waals surface area contributed by atoms with E-state index in [-0.39, 0.29) is 0 Å². The van der Waals surface area contributed by atoms with Crippen LogP contribution in [-0.2, 0) is 0 Å². The fraction of sp³-hybridized carbons (Fsp3) is 0.143. The summed E-state index contributed by atoms with van der Waals surface area (Å²) in [5, 5.41) is 0.421.